The van der Waals surface area contributed by atoms with Crippen LogP contribution in [0.3, 0.4) is 0 Å². The number of pyridine rings is 1. The number of nitrogen functional groups attached to an aromatic ring is 1. The molecule has 2 aromatic rings. The molecule has 2 N–H and O–H groups in total. The molecule has 0 aliphatic rings. The first-order chi connectivity index (χ1) is 10.2. The molecule has 0 radical (unpaired) electrons. The van der Waals surface area contributed by atoms with E-state index in [1.807, 2.05) is 12.1 Å². The number of nitrogens with zero attached hydrogens (tertiary/aromatic N) is 1. The first-order valence-electron chi connectivity index (χ1n) is 6.51. The normalized spacial score (nSPS) is 10.5. The van der Waals surface area contributed by atoms with Gasteiger partial charge in [0.25, 0.3) is 0 Å². The quantitative estimate of drug-likeness (QED) is 0.674. The maximum atomic E-state index is 11.2. The highest BCUT2D eigenvalue weighted by molar-refractivity contribution is 5.87. The van der Waals surface area contributed by atoms with E-state index < -0.39 is 0 Å². The maximum absolute atomic E-state index is 11.2. The molecule has 5 heteroatoms. The van der Waals surface area contributed by atoms with Crippen molar-refractivity contribution in [1.82, 2.24) is 4.98 Å². The van der Waals surface area contributed by atoms with Gasteiger partial charge in [0, 0.05) is 12.1 Å². The molecule has 1 aromatic heterocycles. The Hall–Kier alpha value is -2.82. The number of esters is 1. The Balaban J connectivity index is 1.98. The molecule has 108 valence electrons. The third-order valence-electron chi connectivity index (χ3n) is 2.56. The molecule has 0 spiro atoms. The Kier molecular flexibility index (Phi) is 4.93. The molecule has 1 heterocycles. The number of rotatable bonds is 5. The lowest BCUT2D eigenvalue weighted by molar-refractivity contribution is -0.137. The van der Waals surface area contributed by atoms with Crippen LogP contribution in [0.2, 0.25) is 0 Å². The van der Waals surface area contributed by atoms with E-state index in [2.05, 4.69) is 4.98 Å². The van der Waals surface area contributed by atoms with Crippen LogP contribution in [0.15, 0.2) is 48.7 Å². The van der Waals surface area contributed by atoms with Crippen molar-refractivity contribution in [2.24, 2.45) is 0 Å². The smallest absolute Gasteiger partial charge is 0.330 e. The molecule has 0 aliphatic heterocycles. The fourth-order valence-electron chi connectivity index (χ4n) is 1.57. The number of benzene rings is 1. The van der Waals surface area contributed by atoms with E-state index in [1.165, 1.54) is 12.3 Å². The molecule has 5 nitrogen and oxygen atoms in total. The monoisotopic (exact) mass is 284 g/mol. The molecule has 0 saturated carbocycles. The molecule has 2 rings (SSSR count). The minimum Gasteiger partial charge on any atom is -0.463 e. The largest absolute Gasteiger partial charge is 0.463 e. The molecule has 1 aromatic carbocycles. The van der Waals surface area contributed by atoms with Crippen LogP contribution < -0.4 is 10.5 Å². The Bertz CT molecular complexity index is 619. The number of nitrogens with two attached hydrogens (primary N) is 1. The molecule has 0 fully saturated rings. The number of carbonyl (C=O) groups is 1. The number of anilines is 1. The van der Waals surface area contributed by atoms with Crippen LogP contribution in [-0.4, -0.2) is 17.6 Å². The zero-order chi connectivity index (χ0) is 15.1. The Morgan fingerprint density at radius 2 is 2.00 bits per heavy atom. The SMILES string of the molecule is CCOC(=O)C=Cc1ccc(Oc2ccc(N)cn2)cc1. The van der Waals surface area contributed by atoms with Gasteiger partial charge in [-0.05, 0) is 36.8 Å². The highest BCUT2D eigenvalue weighted by atomic mass is 16.5. The van der Waals surface area contributed by atoms with E-state index in [1.54, 1.807) is 37.3 Å². The number of hydrogen-bond donors (Lipinski definition) is 1. The second kappa shape index (κ2) is 7.09. The third-order valence-corrected chi connectivity index (χ3v) is 2.56. The predicted octanol–water partition coefficient (Wildman–Crippen LogP) is 3.03. The van der Waals surface area contributed by atoms with Gasteiger partial charge in [0.15, 0.2) is 0 Å². The summed E-state index contributed by atoms with van der Waals surface area (Å²) in [6.45, 7) is 2.13. The fraction of sp³-hybridized carbons (Fsp3) is 0.125. The van der Waals surface area contributed by atoms with Gasteiger partial charge in [0.2, 0.25) is 5.88 Å². The van der Waals surface area contributed by atoms with Gasteiger partial charge >= 0.3 is 5.97 Å². The highest BCUT2D eigenvalue weighted by Crippen LogP contribution is 2.20. The summed E-state index contributed by atoms with van der Waals surface area (Å²) in [6, 6.07) is 10.7. The summed E-state index contributed by atoms with van der Waals surface area (Å²) in [7, 11) is 0. The van der Waals surface area contributed by atoms with Gasteiger partial charge in [0.05, 0.1) is 18.5 Å². The molecule has 0 aliphatic carbocycles. The van der Waals surface area contributed by atoms with Gasteiger partial charge in [-0.2, -0.15) is 0 Å². The van der Waals surface area contributed by atoms with E-state index in [0.717, 1.165) is 5.56 Å². The lowest BCUT2D eigenvalue weighted by Crippen LogP contribution is -1.98. The van der Waals surface area contributed by atoms with Crippen LogP contribution in [0.5, 0.6) is 11.6 Å². The molecule has 0 amide bonds. The molecular weight excluding hydrogens is 268 g/mol. The van der Waals surface area contributed by atoms with E-state index in [9.17, 15) is 4.79 Å². The first kappa shape index (κ1) is 14.6. The van der Waals surface area contributed by atoms with E-state index in [-0.39, 0.29) is 5.97 Å². The molecule has 0 unspecified atom stereocenters. The highest BCUT2D eigenvalue weighted by Gasteiger charge is 1.99. The summed E-state index contributed by atoms with van der Waals surface area (Å²) in [4.78, 5) is 15.3. The van der Waals surface area contributed by atoms with Gasteiger partial charge in [-0.3, -0.25) is 0 Å². The number of hydrogen-bond acceptors (Lipinski definition) is 5. The van der Waals surface area contributed by atoms with E-state index in [4.69, 9.17) is 15.2 Å². The van der Waals surface area contributed by atoms with Gasteiger partial charge in [-0.1, -0.05) is 12.1 Å². The van der Waals surface area contributed by atoms with Crippen LogP contribution in [0.4, 0.5) is 5.69 Å². The zero-order valence-electron chi connectivity index (χ0n) is 11.7. The average molecular weight is 284 g/mol. The van der Waals surface area contributed by atoms with Gasteiger partial charge in [0.1, 0.15) is 5.75 Å². The molecule has 0 bridgehead atoms. The van der Waals surface area contributed by atoms with E-state index >= 15 is 0 Å². The summed E-state index contributed by atoms with van der Waals surface area (Å²) in [5.74, 6) is 0.767. The minimum absolute atomic E-state index is 0.357. The topological polar surface area (TPSA) is 74.4 Å². The van der Waals surface area contributed by atoms with Crippen LogP contribution in [-0.2, 0) is 9.53 Å². The Labute approximate surface area is 123 Å². The van der Waals surface area contributed by atoms with Gasteiger partial charge in [-0.15, -0.1) is 0 Å². The molecule has 21 heavy (non-hydrogen) atoms. The van der Waals surface area contributed by atoms with Gasteiger partial charge in [-0.25, -0.2) is 9.78 Å². The van der Waals surface area contributed by atoms with Crippen molar-refractivity contribution in [3.63, 3.8) is 0 Å². The van der Waals surface area contributed by atoms with Gasteiger partial charge < -0.3 is 15.2 Å². The molecule has 0 saturated heterocycles. The first-order valence-corrected chi connectivity index (χ1v) is 6.51. The predicted molar refractivity (Wildman–Crippen MR) is 80.8 cm³/mol. The van der Waals surface area contributed by atoms with Crippen LogP contribution in [0, 0.1) is 0 Å². The summed E-state index contributed by atoms with van der Waals surface area (Å²) >= 11 is 0. The number of carbonyl (C=O) groups excluding carboxylic acids is 1. The van der Waals surface area contributed by atoms with Crippen LogP contribution >= 0.6 is 0 Å². The molecule has 0 atom stereocenters. The lowest BCUT2D eigenvalue weighted by Gasteiger charge is -2.04. The third kappa shape index (κ3) is 4.65. The Morgan fingerprint density at radius 3 is 2.62 bits per heavy atom. The van der Waals surface area contributed by atoms with Crippen molar-refractivity contribution in [2.75, 3.05) is 12.3 Å². The Morgan fingerprint density at radius 1 is 1.24 bits per heavy atom. The number of ether oxygens (including phenoxy) is 2. The second-order valence-corrected chi connectivity index (χ2v) is 4.19. The molecular formula is C16H16N2O3. The lowest BCUT2D eigenvalue weighted by atomic mass is 10.2. The van der Waals surface area contributed by atoms with Crippen molar-refractivity contribution >= 4 is 17.7 Å². The van der Waals surface area contributed by atoms with Crippen molar-refractivity contribution in [3.8, 4) is 11.6 Å². The van der Waals surface area contributed by atoms with Crippen molar-refractivity contribution in [3.05, 3.63) is 54.2 Å². The van der Waals surface area contributed by atoms with Crippen LogP contribution in [0.1, 0.15) is 12.5 Å². The zero-order valence-corrected chi connectivity index (χ0v) is 11.7. The standard InChI is InChI=1S/C16H16N2O3/c1-2-20-16(19)10-5-12-3-7-14(8-4-12)21-15-9-6-13(17)11-18-15/h3-11H,2,17H2,1H3. The minimum atomic E-state index is -0.357. The van der Waals surface area contributed by atoms with Crippen molar-refractivity contribution in [2.45, 2.75) is 6.92 Å². The summed E-state index contributed by atoms with van der Waals surface area (Å²) in [5, 5.41) is 0. The fourth-order valence-corrected chi connectivity index (χ4v) is 1.57. The summed E-state index contributed by atoms with van der Waals surface area (Å²) in [6.07, 6.45) is 4.61. The second-order valence-electron chi connectivity index (χ2n) is 4.19. The summed E-state index contributed by atoms with van der Waals surface area (Å²) < 4.78 is 10.4. The van der Waals surface area contributed by atoms with Crippen LogP contribution in [0.25, 0.3) is 6.08 Å². The maximum Gasteiger partial charge on any atom is 0.330 e. The average Bonchev–Trinajstić information content (AvgIpc) is 2.49. The van der Waals surface area contributed by atoms with Crippen molar-refractivity contribution < 1.29 is 14.3 Å². The number of aromatic nitrogens is 1. The van der Waals surface area contributed by atoms with E-state index in [0.29, 0.717) is 23.9 Å². The summed E-state index contributed by atoms with van der Waals surface area (Å²) in [5.41, 5.74) is 7.02. The van der Waals surface area contributed by atoms with Crippen molar-refractivity contribution in [1.29, 1.82) is 0 Å².